The predicted octanol–water partition coefficient (Wildman–Crippen LogP) is 1.46. The second-order valence-electron chi connectivity index (χ2n) is 6.00. The second kappa shape index (κ2) is 4.73. The molecular weight excluding hydrogens is 260 g/mol. The van der Waals surface area contributed by atoms with E-state index in [0.29, 0.717) is 25.3 Å². The normalized spacial score (nSPS) is 30.1. The lowest BCUT2D eigenvalue weighted by molar-refractivity contribution is -0.388. The Morgan fingerprint density at radius 2 is 2.30 bits per heavy atom. The quantitative estimate of drug-likeness (QED) is 0.655. The van der Waals surface area contributed by atoms with Crippen molar-refractivity contribution in [1.82, 2.24) is 9.55 Å². The van der Waals surface area contributed by atoms with Gasteiger partial charge < -0.3 is 20.1 Å². The van der Waals surface area contributed by atoms with Crippen LogP contribution in [0.1, 0.15) is 32.1 Å². The number of aliphatic hydroxyl groups is 1. The second-order valence-corrected chi connectivity index (χ2v) is 6.00. The van der Waals surface area contributed by atoms with E-state index in [1.807, 2.05) is 4.90 Å². The van der Waals surface area contributed by atoms with Crippen molar-refractivity contribution in [2.75, 3.05) is 18.0 Å². The van der Waals surface area contributed by atoms with Gasteiger partial charge in [-0.1, -0.05) is 12.8 Å². The van der Waals surface area contributed by atoms with Crippen molar-refractivity contribution >= 4 is 11.6 Å². The van der Waals surface area contributed by atoms with Crippen LogP contribution < -0.4 is 4.90 Å². The minimum Gasteiger partial charge on any atom is -0.389 e. The Kier molecular flexibility index (Phi) is 3.16. The van der Waals surface area contributed by atoms with Crippen LogP contribution in [0, 0.1) is 16.0 Å². The smallest absolute Gasteiger partial charge is 0.389 e. The van der Waals surface area contributed by atoms with Gasteiger partial charge in [-0.05, 0) is 29.2 Å². The van der Waals surface area contributed by atoms with Gasteiger partial charge in [0.2, 0.25) is 12.1 Å². The van der Waals surface area contributed by atoms with E-state index in [0.717, 1.165) is 25.7 Å². The van der Waals surface area contributed by atoms with Gasteiger partial charge in [0.05, 0.1) is 5.60 Å². The molecule has 1 aliphatic carbocycles. The van der Waals surface area contributed by atoms with Crippen molar-refractivity contribution in [3.8, 4) is 0 Å². The van der Waals surface area contributed by atoms with Gasteiger partial charge in [-0.2, -0.15) is 0 Å². The molecule has 7 heteroatoms. The van der Waals surface area contributed by atoms with Crippen LogP contribution in [0.2, 0.25) is 0 Å². The summed E-state index contributed by atoms with van der Waals surface area (Å²) < 4.78 is 1.70. The summed E-state index contributed by atoms with van der Waals surface area (Å²) in [7, 11) is 1.77. The molecule has 0 spiro atoms. The molecule has 2 aliphatic rings. The molecule has 2 atom stereocenters. The number of aromatic nitrogens is 2. The van der Waals surface area contributed by atoms with Crippen molar-refractivity contribution in [3.05, 3.63) is 16.4 Å². The molecule has 7 nitrogen and oxygen atoms in total. The molecule has 1 saturated carbocycles. The zero-order chi connectivity index (χ0) is 14.3. The first-order valence-corrected chi connectivity index (χ1v) is 7.14. The molecule has 110 valence electrons. The fourth-order valence-electron chi connectivity index (χ4n) is 3.67. The maximum atomic E-state index is 11.1. The Labute approximate surface area is 117 Å². The van der Waals surface area contributed by atoms with Crippen molar-refractivity contribution in [1.29, 1.82) is 0 Å². The molecule has 3 rings (SSSR count). The molecule has 20 heavy (non-hydrogen) atoms. The van der Waals surface area contributed by atoms with Crippen molar-refractivity contribution in [2.24, 2.45) is 13.0 Å². The Morgan fingerprint density at radius 1 is 1.50 bits per heavy atom. The molecule has 0 amide bonds. The molecule has 0 bridgehead atoms. The average molecular weight is 280 g/mol. The van der Waals surface area contributed by atoms with E-state index >= 15 is 0 Å². The summed E-state index contributed by atoms with van der Waals surface area (Å²) in [6, 6.07) is 0. The zero-order valence-corrected chi connectivity index (χ0v) is 11.7. The van der Waals surface area contributed by atoms with Crippen LogP contribution in [-0.4, -0.2) is 38.3 Å². The lowest BCUT2D eigenvalue weighted by Gasteiger charge is -2.47. The van der Waals surface area contributed by atoms with Crippen LogP contribution in [0.4, 0.5) is 11.6 Å². The molecule has 2 fully saturated rings. The van der Waals surface area contributed by atoms with Crippen LogP contribution in [0.5, 0.6) is 0 Å². The summed E-state index contributed by atoms with van der Waals surface area (Å²) in [5.41, 5.74) is -0.567. The van der Waals surface area contributed by atoms with E-state index in [2.05, 4.69) is 4.98 Å². The Hall–Kier alpha value is -1.63. The summed E-state index contributed by atoms with van der Waals surface area (Å²) in [6.07, 6.45) is 6.24. The third-order valence-electron chi connectivity index (χ3n) is 4.79. The van der Waals surface area contributed by atoms with Gasteiger partial charge in [0, 0.05) is 26.1 Å². The van der Waals surface area contributed by atoms with Crippen LogP contribution in [-0.2, 0) is 7.05 Å². The van der Waals surface area contributed by atoms with Gasteiger partial charge >= 0.3 is 5.82 Å². The zero-order valence-electron chi connectivity index (χ0n) is 11.7. The number of aryl methyl sites for hydroxylation is 1. The van der Waals surface area contributed by atoms with E-state index in [1.54, 1.807) is 11.6 Å². The van der Waals surface area contributed by atoms with Gasteiger partial charge in [0.25, 0.3) is 0 Å². The molecule has 1 aromatic heterocycles. The summed E-state index contributed by atoms with van der Waals surface area (Å²) in [5.74, 6) is 0.677. The summed E-state index contributed by atoms with van der Waals surface area (Å²) in [6.45, 7) is 1.32. The van der Waals surface area contributed by atoms with Crippen LogP contribution in [0.15, 0.2) is 6.33 Å². The minimum absolute atomic E-state index is 0.0891. The minimum atomic E-state index is -0.567. The molecule has 1 aromatic rings. The number of rotatable bonds is 2. The third kappa shape index (κ3) is 2.06. The van der Waals surface area contributed by atoms with Crippen LogP contribution in [0.3, 0.4) is 0 Å². The van der Waals surface area contributed by atoms with E-state index < -0.39 is 10.5 Å². The van der Waals surface area contributed by atoms with Gasteiger partial charge in [-0.15, -0.1) is 0 Å². The maximum Gasteiger partial charge on any atom is 0.406 e. The first-order chi connectivity index (χ1) is 9.51. The van der Waals surface area contributed by atoms with Crippen LogP contribution >= 0.6 is 0 Å². The topological polar surface area (TPSA) is 84.4 Å². The average Bonchev–Trinajstić information content (AvgIpc) is 2.80. The SMILES string of the molecule is Cn1cnc([N+](=O)[O-])c1N1CCC2(O)CCCCC2C1. The highest BCUT2D eigenvalue weighted by atomic mass is 16.6. The lowest BCUT2D eigenvalue weighted by atomic mass is 9.71. The molecule has 1 aliphatic heterocycles. The van der Waals surface area contributed by atoms with E-state index in [4.69, 9.17) is 0 Å². The number of imidazole rings is 1. The van der Waals surface area contributed by atoms with Gasteiger partial charge in [0.1, 0.15) is 0 Å². The number of fused-ring (bicyclic) bond motifs is 1. The molecule has 0 aromatic carbocycles. The molecule has 0 radical (unpaired) electrons. The number of hydrogen-bond acceptors (Lipinski definition) is 5. The molecule has 2 unspecified atom stereocenters. The first kappa shape index (κ1) is 13.4. The number of piperidine rings is 1. The Morgan fingerprint density at radius 3 is 3.05 bits per heavy atom. The third-order valence-corrected chi connectivity index (χ3v) is 4.79. The number of nitro groups is 1. The molecular formula is C13H20N4O3. The standard InChI is InChI=1S/C13H20N4O3/c1-15-9-14-11(17(19)20)12(15)16-7-6-13(18)5-3-2-4-10(13)8-16/h9-10,18H,2-8H2,1H3. The summed E-state index contributed by atoms with van der Waals surface area (Å²) in [4.78, 5) is 16.5. The Bertz CT molecular complexity index is 530. The highest BCUT2D eigenvalue weighted by molar-refractivity contribution is 5.55. The highest BCUT2D eigenvalue weighted by Gasteiger charge is 2.44. The van der Waals surface area contributed by atoms with E-state index in [-0.39, 0.29) is 11.7 Å². The lowest BCUT2D eigenvalue weighted by Crippen LogP contribution is -2.53. The van der Waals surface area contributed by atoms with Gasteiger partial charge in [-0.3, -0.25) is 4.57 Å². The summed E-state index contributed by atoms with van der Waals surface area (Å²) in [5, 5.41) is 21.7. The van der Waals surface area contributed by atoms with Crippen molar-refractivity contribution < 1.29 is 10.0 Å². The number of hydrogen-bond donors (Lipinski definition) is 1. The predicted molar refractivity (Wildman–Crippen MR) is 73.6 cm³/mol. The first-order valence-electron chi connectivity index (χ1n) is 7.14. The van der Waals surface area contributed by atoms with Gasteiger partial charge in [0.15, 0.2) is 0 Å². The summed E-state index contributed by atoms with van der Waals surface area (Å²) >= 11 is 0. The largest absolute Gasteiger partial charge is 0.406 e. The number of anilines is 1. The molecule has 1 saturated heterocycles. The van der Waals surface area contributed by atoms with Gasteiger partial charge in [-0.25, -0.2) is 0 Å². The molecule has 1 N–H and O–H groups in total. The van der Waals surface area contributed by atoms with Crippen molar-refractivity contribution in [2.45, 2.75) is 37.7 Å². The van der Waals surface area contributed by atoms with E-state index in [9.17, 15) is 15.2 Å². The monoisotopic (exact) mass is 280 g/mol. The number of nitrogens with zero attached hydrogens (tertiary/aromatic N) is 4. The maximum absolute atomic E-state index is 11.1. The fraction of sp³-hybridized carbons (Fsp3) is 0.769. The van der Waals surface area contributed by atoms with Crippen molar-refractivity contribution in [3.63, 3.8) is 0 Å². The van der Waals surface area contributed by atoms with E-state index in [1.165, 1.54) is 6.33 Å². The molecule has 2 heterocycles. The van der Waals surface area contributed by atoms with Crippen LogP contribution in [0.25, 0.3) is 0 Å². The fourth-order valence-corrected chi connectivity index (χ4v) is 3.67. The highest BCUT2D eigenvalue weighted by Crippen LogP contribution is 2.41. The Balaban J connectivity index is 1.86.